The van der Waals surface area contributed by atoms with E-state index in [9.17, 15) is 4.39 Å². The molecular formula is C10H10Cl3F. The first-order valence-electron chi connectivity index (χ1n) is 3.77. The van der Waals surface area contributed by atoms with Gasteiger partial charge in [0, 0.05) is 0 Å². The molecule has 0 nitrogen and oxygen atoms in total. The van der Waals surface area contributed by atoms with E-state index in [-0.39, 0.29) is 0 Å². The zero-order valence-electron chi connectivity index (χ0n) is 7.61. The summed E-state index contributed by atoms with van der Waals surface area (Å²) >= 11 is 13.2. The van der Waals surface area contributed by atoms with Crippen molar-refractivity contribution in [3.63, 3.8) is 0 Å². The second-order valence-corrected chi connectivity index (χ2v) is 4.72. The Bertz CT molecular complexity index is 271. The normalized spacial score (nSPS) is 10.1. The Morgan fingerprint density at radius 2 is 1.57 bits per heavy atom. The molecule has 4 heteroatoms. The van der Waals surface area contributed by atoms with E-state index in [4.69, 9.17) is 0 Å². The van der Waals surface area contributed by atoms with E-state index in [1.807, 2.05) is 25.1 Å². The van der Waals surface area contributed by atoms with Crippen molar-refractivity contribution in [1.29, 1.82) is 0 Å². The van der Waals surface area contributed by atoms with Gasteiger partial charge < -0.3 is 0 Å². The quantitative estimate of drug-likeness (QED) is 0.619. The van der Waals surface area contributed by atoms with Crippen LogP contribution in [0.25, 0.3) is 5.57 Å². The highest BCUT2D eigenvalue weighted by Crippen LogP contribution is 2.26. The van der Waals surface area contributed by atoms with Gasteiger partial charge in [0.15, 0.2) is 0 Å². The SMILES string of the molecule is C=C(C)c1ccccc1.FC(Cl)(Cl)Cl. The molecule has 0 fully saturated rings. The zero-order valence-corrected chi connectivity index (χ0v) is 9.87. The predicted octanol–water partition coefficient (Wildman–Crippen LogP) is 5.00. The molecule has 0 amide bonds. The number of hydrogen-bond donors (Lipinski definition) is 0. The van der Waals surface area contributed by atoms with Crippen LogP contribution < -0.4 is 0 Å². The summed E-state index contributed by atoms with van der Waals surface area (Å²) in [5.41, 5.74) is 2.34. The van der Waals surface area contributed by atoms with Crippen LogP contribution in [0.1, 0.15) is 12.5 Å². The molecule has 0 radical (unpaired) electrons. The first-order chi connectivity index (χ1) is 6.30. The summed E-state index contributed by atoms with van der Waals surface area (Å²) in [4.78, 5) is 0. The van der Waals surface area contributed by atoms with Crippen LogP contribution in [0.2, 0.25) is 0 Å². The molecule has 0 aliphatic rings. The molecule has 0 aromatic heterocycles. The highest BCUT2D eigenvalue weighted by Gasteiger charge is 2.14. The maximum absolute atomic E-state index is 11.0. The fourth-order valence-corrected chi connectivity index (χ4v) is 0.723. The van der Waals surface area contributed by atoms with Gasteiger partial charge >= 0.3 is 4.05 Å². The molecule has 0 bridgehead atoms. The van der Waals surface area contributed by atoms with Gasteiger partial charge in [-0.1, -0.05) is 42.5 Å². The molecule has 1 aromatic carbocycles. The molecule has 78 valence electrons. The Morgan fingerprint density at radius 1 is 1.21 bits per heavy atom. The van der Waals surface area contributed by atoms with Crippen molar-refractivity contribution in [3.8, 4) is 0 Å². The van der Waals surface area contributed by atoms with E-state index in [1.54, 1.807) is 0 Å². The summed E-state index contributed by atoms with van der Waals surface area (Å²) < 4.78 is 8.40. The summed E-state index contributed by atoms with van der Waals surface area (Å²) in [6.07, 6.45) is 0. The molecule has 0 saturated heterocycles. The third-order valence-electron chi connectivity index (χ3n) is 1.27. The predicted molar refractivity (Wildman–Crippen MR) is 62.5 cm³/mol. The highest BCUT2D eigenvalue weighted by atomic mass is 35.6. The van der Waals surface area contributed by atoms with Gasteiger partial charge in [-0.2, -0.15) is 4.39 Å². The van der Waals surface area contributed by atoms with E-state index in [1.165, 1.54) is 5.56 Å². The minimum Gasteiger partial charge on any atom is -0.189 e. The van der Waals surface area contributed by atoms with Crippen molar-refractivity contribution < 1.29 is 4.39 Å². The van der Waals surface area contributed by atoms with Gasteiger partial charge in [0.2, 0.25) is 0 Å². The van der Waals surface area contributed by atoms with Crippen molar-refractivity contribution in [2.24, 2.45) is 0 Å². The van der Waals surface area contributed by atoms with E-state index in [0.29, 0.717) is 0 Å². The van der Waals surface area contributed by atoms with Gasteiger partial charge in [0.25, 0.3) is 0 Å². The van der Waals surface area contributed by atoms with E-state index >= 15 is 0 Å². The van der Waals surface area contributed by atoms with Crippen LogP contribution in [0.5, 0.6) is 0 Å². The molecule has 0 N–H and O–H groups in total. The molecule has 0 aliphatic heterocycles. The lowest BCUT2D eigenvalue weighted by molar-refractivity contribution is 0.507. The van der Waals surface area contributed by atoms with Crippen LogP contribution in [0.3, 0.4) is 0 Å². The number of hydrogen-bond acceptors (Lipinski definition) is 0. The fraction of sp³-hybridized carbons (Fsp3) is 0.200. The van der Waals surface area contributed by atoms with Crippen molar-refractivity contribution in [2.75, 3.05) is 0 Å². The third-order valence-corrected chi connectivity index (χ3v) is 1.27. The zero-order chi connectivity index (χ0) is 11.2. The molecule has 0 spiro atoms. The first kappa shape index (κ1) is 13.8. The van der Waals surface area contributed by atoms with Crippen LogP contribution in [0, 0.1) is 0 Å². The fourth-order valence-electron chi connectivity index (χ4n) is 0.723. The Labute approximate surface area is 98.3 Å². The number of allylic oxidation sites excluding steroid dienone is 1. The number of alkyl halides is 4. The third kappa shape index (κ3) is 9.85. The van der Waals surface area contributed by atoms with Crippen LogP contribution in [0.15, 0.2) is 36.9 Å². The molecule has 0 aliphatic carbocycles. The average molecular weight is 256 g/mol. The summed E-state index contributed by atoms with van der Waals surface area (Å²) in [6, 6.07) is 10.2. The van der Waals surface area contributed by atoms with Gasteiger partial charge in [-0.05, 0) is 47.3 Å². The lowest BCUT2D eigenvalue weighted by atomic mass is 10.1. The topological polar surface area (TPSA) is 0 Å². The molecule has 1 aromatic rings. The second-order valence-electron chi connectivity index (χ2n) is 2.57. The van der Waals surface area contributed by atoms with Crippen molar-refractivity contribution in [1.82, 2.24) is 0 Å². The summed E-state index contributed by atoms with van der Waals surface area (Å²) in [6.45, 7) is 5.83. The van der Waals surface area contributed by atoms with Crippen LogP contribution in [-0.2, 0) is 0 Å². The smallest absolute Gasteiger partial charge is 0.189 e. The van der Waals surface area contributed by atoms with Gasteiger partial charge in [0.05, 0.1) is 0 Å². The van der Waals surface area contributed by atoms with Gasteiger partial charge in [-0.15, -0.1) is 0 Å². The van der Waals surface area contributed by atoms with Crippen molar-refractivity contribution in [3.05, 3.63) is 42.5 Å². The van der Waals surface area contributed by atoms with Gasteiger partial charge in [-0.25, -0.2) is 0 Å². The largest absolute Gasteiger partial charge is 0.333 e. The molecule has 14 heavy (non-hydrogen) atoms. The molecule has 0 saturated carbocycles. The van der Waals surface area contributed by atoms with Gasteiger partial charge in [0.1, 0.15) is 0 Å². The number of benzene rings is 1. The minimum atomic E-state index is -2.58. The Morgan fingerprint density at radius 3 is 1.79 bits per heavy atom. The lowest BCUT2D eigenvalue weighted by Gasteiger charge is -1.94. The van der Waals surface area contributed by atoms with Crippen molar-refractivity contribution in [2.45, 2.75) is 11.0 Å². The van der Waals surface area contributed by atoms with E-state index in [2.05, 4.69) is 53.5 Å². The molecule has 0 unspecified atom stereocenters. The maximum Gasteiger partial charge on any atom is 0.333 e. The van der Waals surface area contributed by atoms with E-state index in [0.717, 1.165) is 5.57 Å². The van der Waals surface area contributed by atoms with Crippen molar-refractivity contribution >= 4 is 40.4 Å². The summed E-state index contributed by atoms with van der Waals surface area (Å²) in [5.74, 6) is 0. The maximum atomic E-state index is 11.0. The van der Waals surface area contributed by atoms with Gasteiger partial charge in [-0.3, -0.25) is 0 Å². The first-order valence-corrected chi connectivity index (χ1v) is 4.90. The molecular weight excluding hydrogens is 245 g/mol. The molecule has 0 heterocycles. The second kappa shape index (κ2) is 6.28. The average Bonchev–Trinajstić information content (AvgIpc) is 2.03. The lowest BCUT2D eigenvalue weighted by Crippen LogP contribution is -1.83. The monoisotopic (exact) mass is 254 g/mol. The molecule has 0 atom stereocenters. The van der Waals surface area contributed by atoms with Crippen LogP contribution in [0.4, 0.5) is 4.39 Å². The Hall–Kier alpha value is -0.240. The van der Waals surface area contributed by atoms with Crippen LogP contribution in [-0.4, -0.2) is 4.05 Å². The summed E-state index contributed by atoms with van der Waals surface area (Å²) in [7, 11) is 0. The Kier molecular flexibility index (Phi) is 6.17. The summed E-state index contributed by atoms with van der Waals surface area (Å²) in [5, 5.41) is 0. The van der Waals surface area contributed by atoms with Crippen LogP contribution >= 0.6 is 34.8 Å². The minimum absolute atomic E-state index is 1.12. The number of rotatable bonds is 1. The number of halogens is 4. The Balaban J connectivity index is 0.000000292. The highest BCUT2D eigenvalue weighted by molar-refractivity contribution is 6.66. The molecule has 1 rings (SSSR count). The van der Waals surface area contributed by atoms with E-state index < -0.39 is 4.05 Å². The standard InChI is InChI=1S/C9H10.CCl3F/c1-8(2)9-6-4-3-5-7-9;2-1(3,4)5/h3-7H,1H2,2H3;.